The summed E-state index contributed by atoms with van der Waals surface area (Å²) in [6.45, 7) is 1.10. The van der Waals surface area contributed by atoms with Gasteiger partial charge in [-0.25, -0.2) is 0 Å². The number of nitrogens with zero attached hydrogens (tertiary/aromatic N) is 2. The summed E-state index contributed by atoms with van der Waals surface area (Å²) in [7, 11) is 4.78. The number of carbonyl (C=O) groups excluding carboxylic acids is 1. The molecule has 0 aliphatic heterocycles. The van der Waals surface area contributed by atoms with Gasteiger partial charge in [0, 0.05) is 24.8 Å². The van der Waals surface area contributed by atoms with Crippen molar-refractivity contribution in [3.05, 3.63) is 57.9 Å². The molecule has 8 heteroatoms. The van der Waals surface area contributed by atoms with E-state index in [2.05, 4.69) is 4.99 Å². The lowest BCUT2D eigenvalue weighted by Crippen LogP contribution is -2.18. The van der Waals surface area contributed by atoms with Gasteiger partial charge in [0.1, 0.15) is 0 Å². The highest BCUT2D eigenvalue weighted by Crippen LogP contribution is 2.28. The molecule has 1 amide bonds. The molecule has 0 saturated heterocycles. The first-order valence-electron chi connectivity index (χ1n) is 8.82. The second kappa shape index (κ2) is 9.73. The Morgan fingerprint density at radius 2 is 1.93 bits per heavy atom. The Hall–Kier alpha value is -2.61. The Morgan fingerprint density at radius 1 is 1.14 bits per heavy atom. The van der Waals surface area contributed by atoms with E-state index < -0.39 is 0 Å². The van der Waals surface area contributed by atoms with Crippen LogP contribution in [0.2, 0.25) is 5.02 Å². The first kappa shape index (κ1) is 21.1. The molecule has 0 bridgehead atoms. The van der Waals surface area contributed by atoms with Crippen LogP contribution in [0.5, 0.6) is 11.5 Å². The van der Waals surface area contributed by atoms with Gasteiger partial charge in [0.25, 0.3) is 5.91 Å². The number of amides is 1. The van der Waals surface area contributed by atoms with E-state index in [9.17, 15) is 4.79 Å². The number of hydrogen-bond donors (Lipinski definition) is 0. The molecule has 0 N–H and O–H groups in total. The number of halogens is 1. The van der Waals surface area contributed by atoms with E-state index in [0.717, 1.165) is 15.8 Å². The van der Waals surface area contributed by atoms with Crippen molar-refractivity contribution in [2.75, 3.05) is 27.9 Å². The Balaban J connectivity index is 1.92. The smallest absolute Gasteiger partial charge is 0.272 e. The van der Waals surface area contributed by atoms with Gasteiger partial charge in [-0.1, -0.05) is 29.0 Å². The first-order valence-corrected chi connectivity index (χ1v) is 10.0. The van der Waals surface area contributed by atoms with Gasteiger partial charge in [0.05, 0.1) is 31.0 Å². The number of aromatic nitrogens is 1. The topological polar surface area (TPSA) is 62.1 Å². The summed E-state index contributed by atoms with van der Waals surface area (Å²) >= 11 is 7.51. The van der Waals surface area contributed by atoms with E-state index in [4.69, 9.17) is 25.8 Å². The van der Waals surface area contributed by atoms with Crippen molar-refractivity contribution in [3.8, 4) is 11.5 Å². The summed E-state index contributed by atoms with van der Waals surface area (Å²) in [6, 6.07) is 11.0. The molecule has 0 fully saturated rings. The maximum atomic E-state index is 12.5. The van der Waals surface area contributed by atoms with E-state index in [0.29, 0.717) is 34.5 Å². The number of ether oxygens (including phenoxy) is 3. The number of benzene rings is 2. The molecule has 1 heterocycles. The number of methoxy groups -OCH3 is 3. The minimum absolute atomic E-state index is 0.358. The molecule has 6 nitrogen and oxygen atoms in total. The second-order valence-electron chi connectivity index (χ2n) is 6.04. The molecule has 0 aliphatic rings. The van der Waals surface area contributed by atoms with Crippen LogP contribution in [0.25, 0.3) is 16.3 Å². The Kier molecular flexibility index (Phi) is 7.09. The molecular weight excluding hydrogens is 412 g/mol. The maximum absolute atomic E-state index is 12.5. The Bertz CT molecular complexity index is 1120. The number of rotatable bonds is 7. The maximum Gasteiger partial charge on any atom is 0.272 e. The zero-order valence-corrected chi connectivity index (χ0v) is 17.9. The highest BCUT2D eigenvalue weighted by molar-refractivity contribution is 7.16. The van der Waals surface area contributed by atoms with Gasteiger partial charge in [-0.15, -0.1) is 0 Å². The fourth-order valence-corrected chi connectivity index (χ4v) is 4.12. The van der Waals surface area contributed by atoms with Crippen LogP contribution in [-0.4, -0.2) is 38.4 Å². The third-order valence-corrected chi connectivity index (χ3v) is 5.47. The molecule has 0 radical (unpaired) electrons. The third kappa shape index (κ3) is 5.06. The fraction of sp³-hybridized carbons (Fsp3) is 0.238. The lowest BCUT2D eigenvalue weighted by atomic mass is 10.2. The van der Waals surface area contributed by atoms with Crippen LogP contribution in [-0.2, 0) is 16.1 Å². The zero-order chi connectivity index (χ0) is 20.8. The molecule has 3 aromatic rings. The summed E-state index contributed by atoms with van der Waals surface area (Å²) in [4.78, 5) is 17.3. The van der Waals surface area contributed by atoms with Gasteiger partial charge < -0.3 is 18.8 Å². The SMILES string of the molecule is COCCn1c(=NC(=O)C=Cc2ccc(OC)c(OC)c2)sc2cc(Cl)ccc21. The van der Waals surface area contributed by atoms with Gasteiger partial charge in [-0.2, -0.15) is 4.99 Å². The van der Waals surface area contributed by atoms with Gasteiger partial charge >= 0.3 is 0 Å². The number of thiazole rings is 1. The van der Waals surface area contributed by atoms with Gasteiger partial charge in [0.2, 0.25) is 0 Å². The summed E-state index contributed by atoms with van der Waals surface area (Å²) in [5, 5.41) is 0.642. The van der Waals surface area contributed by atoms with Crippen LogP contribution in [0.1, 0.15) is 5.56 Å². The van der Waals surface area contributed by atoms with E-state index in [1.807, 2.05) is 28.8 Å². The van der Waals surface area contributed by atoms with Crippen molar-refractivity contribution < 1.29 is 19.0 Å². The standard InChI is InChI=1S/C21H21ClN2O4S/c1-26-11-10-24-16-7-6-15(22)13-19(16)29-21(24)23-20(25)9-5-14-4-8-17(27-2)18(12-14)28-3/h4-9,12-13H,10-11H2,1-3H3. The van der Waals surface area contributed by atoms with E-state index >= 15 is 0 Å². The van der Waals surface area contributed by atoms with Crippen LogP contribution in [0.15, 0.2) is 47.5 Å². The molecule has 0 saturated carbocycles. The minimum atomic E-state index is -0.358. The fourth-order valence-electron chi connectivity index (χ4n) is 2.79. The normalized spacial score (nSPS) is 12.1. The van der Waals surface area contributed by atoms with Crippen LogP contribution in [0.3, 0.4) is 0 Å². The lowest BCUT2D eigenvalue weighted by molar-refractivity contribution is -0.113. The van der Waals surface area contributed by atoms with E-state index in [1.54, 1.807) is 39.5 Å². The number of carbonyl (C=O) groups is 1. The molecule has 3 rings (SSSR count). The monoisotopic (exact) mass is 432 g/mol. The number of fused-ring (bicyclic) bond motifs is 1. The summed E-state index contributed by atoms with van der Waals surface area (Å²) in [5.74, 6) is 0.866. The highest BCUT2D eigenvalue weighted by Gasteiger charge is 2.08. The predicted octanol–water partition coefficient (Wildman–Crippen LogP) is 4.16. The zero-order valence-electron chi connectivity index (χ0n) is 16.3. The molecule has 2 aromatic carbocycles. The van der Waals surface area contributed by atoms with Crippen LogP contribution < -0.4 is 14.3 Å². The molecule has 1 aromatic heterocycles. The molecule has 152 valence electrons. The van der Waals surface area contributed by atoms with Crippen LogP contribution >= 0.6 is 22.9 Å². The summed E-state index contributed by atoms with van der Waals surface area (Å²) in [5.41, 5.74) is 1.77. The number of hydrogen-bond acceptors (Lipinski definition) is 5. The van der Waals surface area contributed by atoms with Crippen LogP contribution in [0, 0.1) is 0 Å². The Labute approximate surface area is 177 Å². The van der Waals surface area contributed by atoms with Crippen molar-refractivity contribution in [2.45, 2.75) is 6.54 Å². The van der Waals surface area contributed by atoms with Gasteiger partial charge in [0.15, 0.2) is 16.3 Å². The molecular formula is C21H21ClN2O4S. The minimum Gasteiger partial charge on any atom is -0.493 e. The first-order chi connectivity index (χ1) is 14.0. The van der Waals surface area contributed by atoms with Crippen molar-refractivity contribution >= 4 is 45.1 Å². The predicted molar refractivity (Wildman–Crippen MR) is 116 cm³/mol. The lowest BCUT2D eigenvalue weighted by Gasteiger charge is -2.07. The van der Waals surface area contributed by atoms with Crippen molar-refractivity contribution in [3.63, 3.8) is 0 Å². The van der Waals surface area contributed by atoms with Crippen molar-refractivity contribution in [1.29, 1.82) is 0 Å². The van der Waals surface area contributed by atoms with E-state index in [1.165, 1.54) is 17.4 Å². The molecule has 29 heavy (non-hydrogen) atoms. The molecule has 0 unspecified atom stereocenters. The van der Waals surface area contributed by atoms with Gasteiger partial charge in [-0.3, -0.25) is 4.79 Å². The molecule has 0 spiro atoms. The molecule has 0 atom stereocenters. The molecule has 0 aliphatic carbocycles. The van der Waals surface area contributed by atoms with Crippen molar-refractivity contribution in [2.24, 2.45) is 4.99 Å². The summed E-state index contributed by atoms with van der Waals surface area (Å²) < 4.78 is 18.6. The van der Waals surface area contributed by atoms with Crippen LogP contribution in [0.4, 0.5) is 0 Å². The van der Waals surface area contributed by atoms with Gasteiger partial charge in [-0.05, 0) is 42.0 Å². The Morgan fingerprint density at radius 3 is 2.66 bits per heavy atom. The average Bonchev–Trinajstić information content (AvgIpc) is 3.06. The second-order valence-corrected chi connectivity index (χ2v) is 7.48. The largest absolute Gasteiger partial charge is 0.493 e. The average molecular weight is 433 g/mol. The quantitative estimate of drug-likeness (QED) is 0.526. The summed E-state index contributed by atoms with van der Waals surface area (Å²) in [6.07, 6.45) is 3.12. The third-order valence-electron chi connectivity index (χ3n) is 4.20. The van der Waals surface area contributed by atoms with Crippen molar-refractivity contribution in [1.82, 2.24) is 4.57 Å². The van der Waals surface area contributed by atoms with E-state index in [-0.39, 0.29) is 5.91 Å². The highest BCUT2D eigenvalue weighted by atomic mass is 35.5.